The largest absolute Gasteiger partial charge is 0.497 e. The number of hydrogen-bond donors (Lipinski definition) is 1. The van der Waals surface area contributed by atoms with Gasteiger partial charge in [0.2, 0.25) is 5.91 Å². The zero-order valence-corrected chi connectivity index (χ0v) is 19.0. The number of methoxy groups -OCH3 is 1. The van der Waals surface area contributed by atoms with E-state index >= 15 is 0 Å². The number of carbonyl (C=O) groups is 2. The van der Waals surface area contributed by atoms with Crippen LogP contribution in [-0.4, -0.2) is 37.0 Å². The molecule has 1 aliphatic heterocycles. The lowest BCUT2D eigenvalue weighted by Gasteiger charge is -2.39. The summed E-state index contributed by atoms with van der Waals surface area (Å²) in [6.45, 7) is 3.37. The summed E-state index contributed by atoms with van der Waals surface area (Å²) in [7, 11) is 1.61. The molecule has 1 N–H and O–H groups in total. The summed E-state index contributed by atoms with van der Waals surface area (Å²) in [6.07, 6.45) is 1.10. The minimum atomic E-state index is -0.133. The number of benzene rings is 3. The number of nitrogens with one attached hydrogen (secondary N) is 1. The maximum atomic E-state index is 13.5. The summed E-state index contributed by atoms with van der Waals surface area (Å²) < 4.78 is 5.17. The number of ether oxygens (including phenoxy) is 1. The van der Waals surface area contributed by atoms with E-state index in [1.165, 1.54) is 0 Å². The Bertz CT molecular complexity index is 1100. The number of urea groups is 1. The molecule has 3 aromatic carbocycles. The molecule has 1 aliphatic rings. The van der Waals surface area contributed by atoms with Crippen LogP contribution >= 0.6 is 0 Å². The highest BCUT2D eigenvalue weighted by Crippen LogP contribution is 2.32. The van der Waals surface area contributed by atoms with E-state index in [-0.39, 0.29) is 24.4 Å². The van der Waals surface area contributed by atoms with Gasteiger partial charge in [-0.15, -0.1) is 0 Å². The van der Waals surface area contributed by atoms with Gasteiger partial charge >= 0.3 is 6.03 Å². The molecule has 3 aromatic rings. The van der Waals surface area contributed by atoms with Crippen LogP contribution in [0.2, 0.25) is 0 Å². The van der Waals surface area contributed by atoms with Gasteiger partial charge in [-0.3, -0.25) is 9.69 Å². The SMILES string of the molecule is COc1ccc(CC(=O)Nc2ccccc2N2CCCN([C@@H](C)c3ccccc3)C2=O)cc1. The van der Waals surface area contributed by atoms with Crippen molar-refractivity contribution in [3.8, 4) is 5.75 Å². The Balaban J connectivity index is 1.50. The van der Waals surface area contributed by atoms with E-state index in [9.17, 15) is 9.59 Å². The quantitative estimate of drug-likeness (QED) is 0.541. The molecule has 170 valence electrons. The molecule has 0 saturated carbocycles. The van der Waals surface area contributed by atoms with Crippen LogP contribution in [-0.2, 0) is 11.2 Å². The second-order valence-corrected chi connectivity index (χ2v) is 8.16. The lowest BCUT2D eigenvalue weighted by Crippen LogP contribution is -2.50. The summed E-state index contributed by atoms with van der Waals surface area (Å²) in [4.78, 5) is 29.9. The third-order valence-electron chi connectivity index (χ3n) is 6.00. The van der Waals surface area contributed by atoms with E-state index in [2.05, 4.69) is 12.2 Å². The van der Waals surface area contributed by atoms with E-state index in [0.717, 1.165) is 29.0 Å². The molecule has 33 heavy (non-hydrogen) atoms. The normalized spacial score (nSPS) is 14.7. The molecule has 1 atom stereocenters. The molecule has 0 radical (unpaired) electrons. The van der Waals surface area contributed by atoms with Crippen LogP contribution in [0, 0.1) is 0 Å². The fourth-order valence-electron chi connectivity index (χ4n) is 4.18. The Labute approximate surface area is 194 Å². The summed E-state index contributed by atoms with van der Waals surface area (Å²) >= 11 is 0. The number of para-hydroxylation sites is 2. The topological polar surface area (TPSA) is 61.9 Å². The van der Waals surface area contributed by atoms with Gasteiger partial charge in [0.05, 0.1) is 30.9 Å². The molecule has 0 aliphatic carbocycles. The molecule has 3 amide bonds. The molecule has 0 aromatic heterocycles. The minimum Gasteiger partial charge on any atom is -0.497 e. The average Bonchev–Trinajstić information content (AvgIpc) is 2.85. The molecule has 1 heterocycles. The molecule has 1 fully saturated rings. The molecule has 0 bridgehead atoms. The van der Waals surface area contributed by atoms with Gasteiger partial charge in [0, 0.05) is 13.1 Å². The molecule has 0 spiro atoms. The van der Waals surface area contributed by atoms with Gasteiger partial charge in [-0.2, -0.15) is 0 Å². The Hall–Kier alpha value is -3.80. The maximum absolute atomic E-state index is 13.5. The van der Waals surface area contributed by atoms with Crippen LogP contribution in [0.1, 0.15) is 30.5 Å². The summed E-state index contributed by atoms with van der Waals surface area (Å²) in [5, 5.41) is 3.00. The summed E-state index contributed by atoms with van der Waals surface area (Å²) in [6, 6.07) is 24.9. The van der Waals surface area contributed by atoms with E-state index < -0.39 is 0 Å². The third-order valence-corrected chi connectivity index (χ3v) is 6.00. The zero-order valence-electron chi connectivity index (χ0n) is 19.0. The van der Waals surface area contributed by atoms with Crippen LogP contribution in [0.15, 0.2) is 78.9 Å². The number of nitrogens with zero attached hydrogens (tertiary/aromatic N) is 2. The van der Waals surface area contributed by atoms with E-state index in [1.807, 2.05) is 83.8 Å². The van der Waals surface area contributed by atoms with Crippen molar-refractivity contribution >= 4 is 23.3 Å². The highest BCUT2D eigenvalue weighted by molar-refractivity contribution is 6.01. The smallest absolute Gasteiger partial charge is 0.325 e. The van der Waals surface area contributed by atoms with Crippen molar-refractivity contribution in [3.05, 3.63) is 90.0 Å². The molecule has 6 nitrogen and oxygen atoms in total. The number of carbonyl (C=O) groups excluding carboxylic acids is 2. The number of anilines is 2. The highest BCUT2D eigenvalue weighted by Gasteiger charge is 2.31. The fraction of sp³-hybridized carbons (Fsp3) is 0.259. The van der Waals surface area contributed by atoms with Gasteiger partial charge in [0.25, 0.3) is 0 Å². The first-order chi connectivity index (χ1) is 16.1. The van der Waals surface area contributed by atoms with E-state index in [0.29, 0.717) is 18.8 Å². The standard InChI is InChI=1S/C27H29N3O3/c1-20(22-9-4-3-5-10-22)29-17-8-18-30(27(29)32)25-12-7-6-11-24(25)28-26(31)19-21-13-15-23(33-2)16-14-21/h3-7,9-16,20H,8,17-19H2,1-2H3,(H,28,31)/t20-/m0/s1. The van der Waals surface area contributed by atoms with Crippen molar-refractivity contribution in [3.63, 3.8) is 0 Å². The van der Waals surface area contributed by atoms with Crippen LogP contribution in [0.4, 0.5) is 16.2 Å². The number of amides is 3. The van der Waals surface area contributed by atoms with Gasteiger partial charge < -0.3 is 15.0 Å². The molecule has 1 saturated heterocycles. The first-order valence-electron chi connectivity index (χ1n) is 11.2. The monoisotopic (exact) mass is 443 g/mol. The van der Waals surface area contributed by atoms with Crippen LogP contribution in [0.25, 0.3) is 0 Å². The second kappa shape index (κ2) is 10.2. The Kier molecular flexibility index (Phi) is 6.93. The Morgan fingerprint density at radius 2 is 1.67 bits per heavy atom. The Morgan fingerprint density at radius 3 is 2.39 bits per heavy atom. The lowest BCUT2D eigenvalue weighted by atomic mass is 10.1. The van der Waals surface area contributed by atoms with Crippen molar-refractivity contribution in [2.45, 2.75) is 25.8 Å². The van der Waals surface area contributed by atoms with Crippen molar-refractivity contribution in [2.75, 3.05) is 30.4 Å². The van der Waals surface area contributed by atoms with Gasteiger partial charge in [-0.1, -0.05) is 54.6 Å². The first kappa shape index (κ1) is 22.4. The zero-order chi connectivity index (χ0) is 23.2. The van der Waals surface area contributed by atoms with Crippen molar-refractivity contribution in [1.82, 2.24) is 4.90 Å². The molecule has 4 rings (SSSR count). The molecule has 0 unspecified atom stereocenters. The van der Waals surface area contributed by atoms with Crippen LogP contribution in [0.3, 0.4) is 0 Å². The predicted octanol–water partition coefficient (Wildman–Crippen LogP) is 5.27. The lowest BCUT2D eigenvalue weighted by molar-refractivity contribution is -0.115. The van der Waals surface area contributed by atoms with Crippen LogP contribution in [0.5, 0.6) is 5.75 Å². The van der Waals surface area contributed by atoms with Crippen molar-refractivity contribution in [1.29, 1.82) is 0 Å². The molecular weight excluding hydrogens is 414 g/mol. The Morgan fingerprint density at radius 1 is 0.970 bits per heavy atom. The second-order valence-electron chi connectivity index (χ2n) is 8.16. The highest BCUT2D eigenvalue weighted by atomic mass is 16.5. The van der Waals surface area contributed by atoms with E-state index in [4.69, 9.17) is 4.74 Å². The average molecular weight is 444 g/mol. The van der Waals surface area contributed by atoms with Gasteiger partial charge in [-0.05, 0) is 48.7 Å². The molecule has 6 heteroatoms. The third kappa shape index (κ3) is 5.17. The minimum absolute atomic E-state index is 0.0293. The van der Waals surface area contributed by atoms with Crippen molar-refractivity contribution < 1.29 is 14.3 Å². The van der Waals surface area contributed by atoms with Gasteiger partial charge in [0.15, 0.2) is 0 Å². The summed E-state index contributed by atoms with van der Waals surface area (Å²) in [5.74, 6) is 0.619. The van der Waals surface area contributed by atoms with Gasteiger partial charge in [0.1, 0.15) is 5.75 Å². The maximum Gasteiger partial charge on any atom is 0.325 e. The predicted molar refractivity (Wildman–Crippen MR) is 131 cm³/mol. The fourth-order valence-corrected chi connectivity index (χ4v) is 4.18. The number of rotatable bonds is 7. The summed E-state index contributed by atoms with van der Waals surface area (Å²) in [5.41, 5.74) is 3.35. The van der Waals surface area contributed by atoms with Gasteiger partial charge in [-0.25, -0.2) is 4.79 Å². The van der Waals surface area contributed by atoms with E-state index in [1.54, 1.807) is 12.0 Å². The van der Waals surface area contributed by atoms with Crippen molar-refractivity contribution in [2.24, 2.45) is 0 Å². The first-order valence-corrected chi connectivity index (χ1v) is 11.2. The number of hydrogen-bond acceptors (Lipinski definition) is 3. The van der Waals surface area contributed by atoms with Crippen LogP contribution < -0.4 is 15.0 Å². The molecular formula is C27H29N3O3.